The standard InChI is InChI=1S/C26H26BrNO3/c1-26(2,3)17-12-16(11-15-13-18(27)9-10-22(15)31-4)24-20(14-17)23(25(29)30)19-7-5-6-8-21(19)28-24/h5-11,13,17H,12,14H2,1-4H3,(H,29,30). The van der Waals surface area contributed by atoms with Crippen LogP contribution in [0.4, 0.5) is 0 Å². The highest BCUT2D eigenvalue weighted by Gasteiger charge is 2.35. The Balaban J connectivity index is 2.02. The van der Waals surface area contributed by atoms with Crippen molar-refractivity contribution in [2.45, 2.75) is 33.6 Å². The molecule has 31 heavy (non-hydrogen) atoms. The Kier molecular flexibility index (Phi) is 5.65. The second-order valence-corrected chi connectivity index (χ2v) is 10.1. The molecule has 1 unspecified atom stereocenters. The summed E-state index contributed by atoms with van der Waals surface area (Å²) in [6.45, 7) is 6.65. The van der Waals surface area contributed by atoms with E-state index in [0.717, 1.165) is 39.0 Å². The molecule has 3 aromatic rings. The Morgan fingerprint density at radius 2 is 1.94 bits per heavy atom. The number of carboxylic acid groups (broad SMARTS) is 1. The molecule has 0 spiro atoms. The van der Waals surface area contributed by atoms with E-state index in [9.17, 15) is 9.90 Å². The summed E-state index contributed by atoms with van der Waals surface area (Å²) in [4.78, 5) is 17.3. The number of para-hydroxylation sites is 1. The summed E-state index contributed by atoms with van der Waals surface area (Å²) in [6, 6.07) is 13.4. The lowest BCUT2D eigenvalue weighted by Crippen LogP contribution is -2.28. The third kappa shape index (κ3) is 4.11. The number of rotatable bonds is 3. The summed E-state index contributed by atoms with van der Waals surface area (Å²) >= 11 is 3.55. The highest BCUT2D eigenvalue weighted by atomic mass is 79.9. The lowest BCUT2D eigenvalue weighted by atomic mass is 9.69. The molecule has 160 valence electrons. The molecule has 0 amide bonds. The van der Waals surface area contributed by atoms with E-state index in [0.29, 0.717) is 28.8 Å². The fourth-order valence-electron chi connectivity index (χ4n) is 4.39. The smallest absolute Gasteiger partial charge is 0.336 e. The van der Waals surface area contributed by atoms with Gasteiger partial charge in [0.25, 0.3) is 0 Å². The van der Waals surface area contributed by atoms with Gasteiger partial charge in [-0.2, -0.15) is 0 Å². The molecule has 0 saturated heterocycles. The molecule has 0 saturated carbocycles. The molecule has 4 nitrogen and oxygen atoms in total. The zero-order valence-electron chi connectivity index (χ0n) is 18.2. The SMILES string of the molecule is COc1ccc(Br)cc1C=C1CC(C(C)(C)C)Cc2c1nc1ccccc1c2C(=O)O. The van der Waals surface area contributed by atoms with Crippen LogP contribution in [0, 0.1) is 11.3 Å². The Morgan fingerprint density at radius 1 is 1.19 bits per heavy atom. The van der Waals surface area contributed by atoms with E-state index in [1.165, 1.54) is 0 Å². The molecule has 4 rings (SSSR count). The maximum Gasteiger partial charge on any atom is 0.336 e. The van der Waals surface area contributed by atoms with Crippen LogP contribution >= 0.6 is 15.9 Å². The van der Waals surface area contributed by atoms with Crippen molar-refractivity contribution in [1.29, 1.82) is 0 Å². The van der Waals surface area contributed by atoms with E-state index in [1.807, 2.05) is 42.5 Å². The second-order valence-electron chi connectivity index (χ2n) is 9.16. The van der Waals surface area contributed by atoms with Crippen molar-refractivity contribution < 1.29 is 14.6 Å². The number of carbonyl (C=O) groups is 1. The summed E-state index contributed by atoms with van der Waals surface area (Å²) in [6.07, 6.45) is 3.63. The number of aromatic nitrogens is 1. The molecular weight excluding hydrogens is 454 g/mol. The molecule has 1 atom stereocenters. The van der Waals surface area contributed by atoms with Crippen LogP contribution < -0.4 is 4.74 Å². The molecule has 0 aliphatic heterocycles. The quantitative estimate of drug-likeness (QED) is 0.445. The number of pyridine rings is 1. The molecule has 0 bridgehead atoms. The number of aromatic carboxylic acids is 1. The number of hydrogen-bond acceptors (Lipinski definition) is 3. The number of fused-ring (bicyclic) bond motifs is 2. The zero-order valence-corrected chi connectivity index (χ0v) is 19.8. The van der Waals surface area contributed by atoms with E-state index < -0.39 is 5.97 Å². The van der Waals surface area contributed by atoms with Crippen molar-refractivity contribution in [1.82, 2.24) is 4.98 Å². The predicted molar refractivity (Wildman–Crippen MR) is 129 cm³/mol. The maximum absolute atomic E-state index is 12.4. The number of hydrogen-bond donors (Lipinski definition) is 1. The average Bonchev–Trinajstić information content (AvgIpc) is 2.71. The van der Waals surface area contributed by atoms with E-state index in [4.69, 9.17) is 9.72 Å². The van der Waals surface area contributed by atoms with Gasteiger partial charge in [-0.25, -0.2) is 9.78 Å². The second kappa shape index (κ2) is 8.12. The van der Waals surface area contributed by atoms with Crippen LogP contribution in [0.15, 0.2) is 46.9 Å². The first-order valence-corrected chi connectivity index (χ1v) is 11.2. The van der Waals surface area contributed by atoms with Gasteiger partial charge < -0.3 is 9.84 Å². The Morgan fingerprint density at radius 3 is 2.61 bits per heavy atom. The summed E-state index contributed by atoms with van der Waals surface area (Å²) in [5, 5.41) is 10.8. The number of ether oxygens (including phenoxy) is 1. The monoisotopic (exact) mass is 479 g/mol. The van der Waals surface area contributed by atoms with Gasteiger partial charge in [0.05, 0.1) is 23.9 Å². The summed E-state index contributed by atoms with van der Waals surface area (Å²) in [5.74, 6) is 0.170. The predicted octanol–water partition coefficient (Wildman–Crippen LogP) is 6.85. The van der Waals surface area contributed by atoms with Crippen molar-refractivity contribution in [3.63, 3.8) is 0 Å². The van der Waals surface area contributed by atoms with Crippen molar-refractivity contribution in [2.75, 3.05) is 7.11 Å². The van der Waals surface area contributed by atoms with Crippen LogP contribution in [0.2, 0.25) is 0 Å². The van der Waals surface area contributed by atoms with Gasteiger partial charge in [0.1, 0.15) is 5.75 Å². The van der Waals surface area contributed by atoms with Crippen LogP contribution in [-0.2, 0) is 6.42 Å². The first-order chi connectivity index (χ1) is 14.7. The number of methoxy groups -OCH3 is 1. The topological polar surface area (TPSA) is 59.4 Å². The van der Waals surface area contributed by atoms with Crippen LogP contribution in [0.3, 0.4) is 0 Å². The zero-order chi connectivity index (χ0) is 22.3. The van der Waals surface area contributed by atoms with E-state index in [1.54, 1.807) is 7.11 Å². The Labute approximate surface area is 191 Å². The van der Waals surface area contributed by atoms with Gasteiger partial charge in [0, 0.05) is 15.4 Å². The van der Waals surface area contributed by atoms with E-state index >= 15 is 0 Å². The first kappa shape index (κ1) is 21.6. The van der Waals surface area contributed by atoms with Crippen molar-refractivity contribution in [3.8, 4) is 5.75 Å². The van der Waals surface area contributed by atoms with Gasteiger partial charge in [0.2, 0.25) is 0 Å². The average molecular weight is 480 g/mol. The van der Waals surface area contributed by atoms with Gasteiger partial charge in [-0.1, -0.05) is 54.9 Å². The third-order valence-corrected chi connectivity index (χ3v) is 6.67. The molecule has 0 radical (unpaired) electrons. The Hall–Kier alpha value is -2.66. The molecule has 2 aromatic carbocycles. The van der Waals surface area contributed by atoms with Crippen molar-refractivity contribution >= 4 is 44.5 Å². The fourth-order valence-corrected chi connectivity index (χ4v) is 4.76. The third-order valence-electron chi connectivity index (χ3n) is 6.17. The normalized spacial score (nSPS) is 17.6. The van der Waals surface area contributed by atoms with Gasteiger partial charge in [-0.15, -0.1) is 0 Å². The molecule has 5 heteroatoms. The molecule has 1 aromatic heterocycles. The van der Waals surface area contributed by atoms with Crippen LogP contribution in [0.1, 0.15) is 54.4 Å². The molecule has 1 N–H and O–H groups in total. The van der Waals surface area contributed by atoms with Gasteiger partial charge in [-0.05, 0) is 65.7 Å². The summed E-state index contributed by atoms with van der Waals surface area (Å²) in [7, 11) is 1.66. The maximum atomic E-state index is 12.4. The minimum atomic E-state index is -0.899. The molecule has 0 fully saturated rings. The molecule has 1 aliphatic rings. The van der Waals surface area contributed by atoms with Crippen LogP contribution in [0.25, 0.3) is 22.6 Å². The number of halogens is 1. The molecular formula is C26H26BrNO3. The largest absolute Gasteiger partial charge is 0.496 e. The lowest BCUT2D eigenvalue weighted by Gasteiger charge is -2.36. The minimum absolute atomic E-state index is 0.0273. The van der Waals surface area contributed by atoms with Gasteiger partial charge in [-0.3, -0.25) is 0 Å². The van der Waals surface area contributed by atoms with Crippen LogP contribution in [-0.4, -0.2) is 23.2 Å². The minimum Gasteiger partial charge on any atom is -0.496 e. The molecule has 1 heterocycles. The fraction of sp³-hybridized carbons (Fsp3) is 0.308. The highest BCUT2D eigenvalue weighted by Crippen LogP contribution is 2.45. The van der Waals surface area contributed by atoms with Gasteiger partial charge >= 0.3 is 5.97 Å². The van der Waals surface area contributed by atoms with E-state index in [2.05, 4.69) is 42.8 Å². The lowest BCUT2D eigenvalue weighted by molar-refractivity contribution is 0.0696. The van der Waals surface area contributed by atoms with Crippen LogP contribution in [0.5, 0.6) is 5.75 Å². The number of benzene rings is 2. The van der Waals surface area contributed by atoms with Crippen molar-refractivity contribution in [2.24, 2.45) is 11.3 Å². The first-order valence-electron chi connectivity index (χ1n) is 10.4. The summed E-state index contributed by atoms with van der Waals surface area (Å²) < 4.78 is 6.54. The van der Waals surface area contributed by atoms with Gasteiger partial charge in [0.15, 0.2) is 0 Å². The molecule has 1 aliphatic carbocycles. The highest BCUT2D eigenvalue weighted by molar-refractivity contribution is 9.10. The number of allylic oxidation sites excluding steroid dienone is 1. The number of carboxylic acids is 1. The van der Waals surface area contributed by atoms with E-state index in [-0.39, 0.29) is 5.41 Å². The summed E-state index contributed by atoms with van der Waals surface area (Å²) in [5.41, 5.74) is 4.72. The Bertz CT molecular complexity index is 1210. The van der Waals surface area contributed by atoms with Crippen molar-refractivity contribution in [3.05, 3.63) is 69.3 Å². The number of nitrogens with zero attached hydrogens (tertiary/aromatic N) is 1.